The van der Waals surface area contributed by atoms with Gasteiger partial charge in [0, 0.05) is 43.3 Å². The molecule has 3 aromatic rings. The van der Waals surface area contributed by atoms with Crippen LogP contribution in [0.5, 0.6) is 0 Å². The summed E-state index contributed by atoms with van der Waals surface area (Å²) >= 11 is 0. The molecule has 0 spiro atoms. The first-order valence-electron chi connectivity index (χ1n) is 8.39. The van der Waals surface area contributed by atoms with Crippen LogP contribution in [0.3, 0.4) is 0 Å². The molecule has 0 aliphatic rings. The molecule has 3 rings (SSSR count). The molecule has 0 aliphatic carbocycles. The van der Waals surface area contributed by atoms with Gasteiger partial charge in [0.1, 0.15) is 5.82 Å². The molecule has 1 amide bonds. The highest BCUT2D eigenvalue weighted by Gasteiger charge is 2.09. The van der Waals surface area contributed by atoms with Crippen LogP contribution >= 0.6 is 0 Å². The fourth-order valence-electron chi connectivity index (χ4n) is 2.68. The van der Waals surface area contributed by atoms with Crippen molar-refractivity contribution in [3.05, 3.63) is 83.2 Å². The van der Waals surface area contributed by atoms with Crippen LogP contribution in [0.15, 0.2) is 54.9 Å². The largest absolute Gasteiger partial charge is 0.352 e. The van der Waals surface area contributed by atoms with E-state index in [1.54, 1.807) is 12.3 Å². The van der Waals surface area contributed by atoms with Gasteiger partial charge in [0.2, 0.25) is 0 Å². The first-order chi connectivity index (χ1) is 12.1. The quantitative estimate of drug-likeness (QED) is 0.754. The first kappa shape index (κ1) is 16.9. The molecule has 25 heavy (non-hydrogen) atoms. The first-order valence-corrected chi connectivity index (χ1v) is 8.39. The number of aromatic nitrogens is 3. The van der Waals surface area contributed by atoms with Crippen LogP contribution < -0.4 is 5.32 Å². The third-order valence-electron chi connectivity index (χ3n) is 4.13. The number of hydrogen-bond donors (Lipinski definition) is 1. The van der Waals surface area contributed by atoms with Gasteiger partial charge in [-0.1, -0.05) is 30.3 Å². The van der Waals surface area contributed by atoms with E-state index in [-0.39, 0.29) is 5.91 Å². The normalized spacial score (nSPS) is 10.6. The molecule has 128 valence electrons. The maximum Gasteiger partial charge on any atom is 0.252 e. The molecule has 0 atom stereocenters. The van der Waals surface area contributed by atoms with Crippen molar-refractivity contribution in [1.82, 2.24) is 19.9 Å². The molecule has 1 N–H and O–H groups in total. The molecular weight excluding hydrogens is 312 g/mol. The fraction of sp³-hybridized carbons (Fsp3) is 0.250. The molecule has 0 saturated carbocycles. The Hall–Kier alpha value is -2.95. The van der Waals surface area contributed by atoms with Crippen molar-refractivity contribution in [3.8, 4) is 0 Å². The number of amides is 1. The minimum Gasteiger partial charge on any atom is -0.352 e. The van der Waals surface area contributed by atoms with E-state index in [0.717, 1.165) is 23.8 Å². The lowest BCUT2D eigenvalue weighted by Crippen LogP contribution is -2.26. The Kier molecular flexibility index (Phi) is 5.23. The van der Waals surface area contributed by atoms with Crippen molar-refractivity contribution in [3.63, 3.8) is 0 Å². The third kappa shape index (κ3) is 4.32. The number of imidazole rings is 1. The van der Waals surface area contributed by atoms with E-state index in [0.29, 0.717) is 18.5 Å². The summed E-state index contributed by atoms with van der Waals surface area (Å²) in [6, 6.07) is 13.9. The SMILES string of the molecule is Cc1ccc(C(=O)NCCc2ncc(C)n2Cc2ccccc2)cn1. The van der Waals surface area contributed by atoms with E-state index < -0.39 is 0 Å². The zero-order valence-electron chi connectivity index (χ0n) is 14.6. The summed E-state index contributed by atoms with van der Waals surface area (Å²) in [6.45, 7) is 5.28. The van der Waals surface area contributed by atoms with Crippen LogP contribution in [0, 0.1) is 13.8 Å². The van der Waals surface area contributed by atoms with Gasteiger partial charge in [0.05, 0.1) is 5.56 Å². The molecule has 2 heterocycles. The van der Waals surface area contributed by atoms with Crippen LogP contribution in [0.4, 0.5) is 0 Å². The molecule has 5 heteroatoms. The lowest BCUT2D eigenvalue weighted by atomic mass is 10.2. The zero-order chi connectivity index (χ0) is 17.6. The van der Waals surface area contributed by atoms with Gasteiger partial charge >= 0.3 is 0 Å². The highest BCUT2D eigenvalue weighted by Crippen LogP contribution is 2.10. The van der Waals surface area contributed by atoms with E-state index in [9.17, 15) is 4.79 Å². The number of hydrogen-bond acceptors (Lipinski definition) is 3. The second-order valence-corrected chi connectivity index (χ2v) is 6.08. The molecule has 0 fully saturated rings. The average molecular weight is 334 g/mol. The summed E-state index contributed by atoms with van der Waals surface area (Å²) in [4.78, 5) is 20.8. The summed E-state index contributed by atoms with van der Waals surface area (Å²) in [6.07, 6.45) is 4.17. The number of pyridine rings is 1. The number of rotatable bonds is 6. The lowest BCUT2D eigenvalue weighted by molar-refractivity contribution is 0.0953. The Bertz CT molecular complexity index is 838. The van der Waals surface area contributed by atoms with Gasteiger partial charge in [-0.05, 0) is 31.5 Å². The van der Waals surface area contributed by atoms with E-state index in [1.807, 2.05) is 37.4 Å². The van der Waals surface area contributed by atoms with E-state index >= 15 is 0 Å². The van der Waals surface area contributed by atoms with Gasteiger partial charge in [-0.25, -0.2) is 4.98 Å². The molecule has 0 aliphatic heterocycles. The zero-order valence-corrected chi connectivity index (χ0v) is 14.6. The molecule has 0 radical (unpaired) electrons. The summed E-state index contributed by atoms with van der Waals surface area (Å²) < 4.78 is 2.19. The van der Waals surface area contributed by atoms with Gasteiger partial charge in [-0.2, -0.15) is 0 Å². The van der Waals surface area contributed by atoms with Crippen LogP contribution in [0.2, 0.25) is 0 Å². The van der Waals surface area contributed by atoms with Crippen LogP contribution in [0.1, 0.15) is 33.1 Å². The van der Waals surface area contributed by atoms with Crippen molar-refractivity contribution in [2.45, 2.75) is 26.8 Å². The Labute approximate surface area is 147 Å². The topological polar surface area (TPSA) is 59.8 Å². The number of nitrogens with one attached hydrogen (secondary N) is 1. The molecule has 2 aromatic heterocycles. The number of carbonyl (C=O) groups excluding carboxylic acids is 1. The van der Waals surface area contributed by atoms with Crippen molar-refractivity contribution in [2.24, 2.45) is 0 Å². The third-order valence-corrected chi connectivity index (χ3v) is 4.13. The van der Waals surface area contributed by atoms with E-state index in [4.69, 9.17) is 0 Å². The van der Waals surface area contributed by atoms with Gasteiger partial charge < -0.3 is 9.88 Å². The second-order valence-electron chi connectivity index (χ2n) is 6.08. The van der Waals surface area contributed by atoms with Gasteiger partial charge in [0.15, 0.2) is 0 Å². The number of benzene rings is 1. The van der Waals surface area contributed by atoms with E-state index in [1.165, 1.54) is 5.56 Å². The molecule has 0 unspecified atom stereocenters. The summed E-state index contributed by atoms with van der Waals surface area (Å²) in [5, 5.41) is 2.93. The van der Waals surface area contributed by atoms with Gasteiger partial charge in [-0.3, -0.25) is 9.78 Å². The van der Waals surface area contributed by atoms with Crippen molar-refractivity contribution in [2.75, 3.05) is 6.54 Å². The summed E-state index contributed by atoms with van der Waals surface area (Å²) in [5.74, 6) is 0.870. The Morgan fingerprint density at radius 3 is 2.56 bits per heavy atom. The highest BCUT2D eigenvalue weighted by molar-refractivity contribution is 5.93. The Balaban J connectivity index is 1.60. The average Bonchev–Trinajstić information content (AvgIpc) is 2.96. The van der Waals surface area contributed by atoms with Crippen LogP contribution in [-0.4, -0.2) is 27.0 Å². The smallest absolute Gasteiger partial charge is 0.252 e. The van der Waals surface area contributed by atoms with Crippen molar-refractivity contribution < 1.29 is 4.79 Å². The predicted octanol–water partition coefficient (Wildman–Crippen LogP) is 2.92. The summed E-state index contributed by atoms with van der Waals surface area (Å²) in [7, 11) is 0. The number of aryl methyl sites for hydroxylation is 2. The summed E-state index contributed by atoms with van der Waals surface area (Å²) in [5.41, 5.74) is 3.83. The minimum atomic E-state index is -0.106. The molecule has 5 nitrogen and oxygen atoms in total. The Morgan fingerprint density at radius 1 is 1.04 bits per heavy atom. The van der Waals surface area contributed by atoms with Crippen LogP contribution in [-0.2, 0) is 13.0 Å². The second kappa shape index (κ2) is 7.75. The Morgan fingerprint density at radius 2 is 1.84 bits per heavy atom. The van der Waals surface area contributed by atoms with Crippen molar-refractivity contribution in [1.29, 1.82) is 0 Å². The van der Waals surface area contributed by atoms with Gasteiger partial charge in [0.25, 0.3) is 5.91 Å². The van der Waals surface area contributed by atoms with Gasteiger partial charge in [-0.15, -0.1) is 0 Å². The fourth-order valence-corrected chi connectivity index (χ4v) is 2.68. The lowest BCUT2D eigenvalue weighted by Gasteiger charge is -2.11. The highest BCUT2D eigenvalue weighted by atomic mass is 16.1. The maximum atomic E-state index is 12.1. The molecule has 0 bridgehead atoms. The maximum absolute atomic E-state index is 12.1. The number of nitrogens with zero attached hydrogens (tertiary/aromatic N) is 3. The monoisotopic (exact) mass is 334 g/mol. The minimum absolute atomic E-state index is 0.106. The van der Waals surface area contributed by atoms with E-state index in [2.05, 4.69) is 38.9 Å². The number of carbonyl (C=O) groups is 1. The van der Waals surface area contributed by atoms with Crippen LogP contribution in [0.25, 0.3) is 0 Å². The molecule has 1 aromatic carbocycles. The molecular formula is C20H22N4O. The molecule has 0 saturated heterocycles. The predicted molar refractivity (Wildman–Crippen MR) is 97.5 cm³/mol. The van der Waals surface area contributed by atoms with Crippen molar-refractivity contribution >= 4 is 5.91 Å². The standard InChI is InChI=1S/C20H22N4O/c1-15-8-9-18(13-22-15)20(25)21-11-10-19-23-12-16(2)24(19)14-17-6-4-3-5-7-17/h3-9,12-13H,10-11,14H2,1-2H3,(H,21,25).